The maximum absolute atomic E-state index is 7.53. The van der Waals surface area contributed by atoms with Crippen LogP contribution in [0.1, 0.15) is 7.06 Å². The van der Waals surface area contributed by atoms with E-state index in [0.29, 0.717) is 0 Å². The molecule has 1 aromatic heterocycles. The van der Waals surface area contributed by atoms with Crippen molar-refractivity contribution in [1.29, 1.82) is 0 Å². The highest BCUT2D eigenvalue weighted by atomic mass is 14.7. The van der Waals surface area contributed by atoms with E-state index in [1.165, 1.54) is 16.2 Å². The lowest BCUT2D eigenvalue weighted by molar-refractivity contribution is 1.26. The molecule has 0 fully saturated rings. The first-order valence-corrected chi connectivity index (χ1v) is 6.37. The zero-order valence-electron chi connectivity index (χ0n) is 11.4. The second-order valence-electron chi connectivity index (χ2n) is 4.79. The van der Waals surface area contributed by atoms with E-state index >= 15 is 0 Å². The van der Waals surface area contributed by atoms with Crippen molar-refractivity contribution >= 4 is 32.4 Å². The summed E-state index contributed by atoms with van der Waals surface area (Å²) in [4.78, 5) is 4.68. The van der Waals surface area contributed by atoms with E-state index in [4.69, 9.17) is 1.37 Å². The van der Waals surface area contributed by atoms with Crippen molar-refractivity contribution in [3.63, 3.8) is 0 Å². The molecule has 1 heterocycles. The number of rotatable bonds is 0. The third-order valence-corrected chi connectivity index (χ3v) is 3.64. The van der Waals surface area contributed by atoms with Crippen molar-refractivity contribution in [2.75, 3.05) is 0 Å². The van der Waals surface area contributed by atoms with Gasteiger partial charge in [-0.2, -0.15) is 0 Å². The number of aromatic nitrogens is 1. The average Bonchev–Trinajstić information content (AvgIpc) is 2.54. The Morgan fingerprint density at radius 2 is 1.21 bits per heavy atom. The molecular weight excluding hydrogens is 230 g/mol. The lowest BCUT2D eigenvalue weighted by Crippen LogP contribution is -1.87. The Hall–Kier alpha value is -2.41. The van der Waals surface area contributed by atoms with Gasteiger partial charge in [0.15, 0.2) is 0 Å². The van der Waals surface area contributed by atoms with Crippen LogP contribution >= 0.6 is 0 Å². The molecule has 0 radical (unpaired) electrons. The monoisotopic (exact) mass is 244 g/mol. The topological polar surface area (TPSA) is 12.9 Å². The van der Waals surface area contributed by atoms with E-state index in [-0.39, 0.29) is 6.90 Å². The fraction of sp³-hybridized carbons (Fsp3) is 0.0556. The van der Waals surface area contributed by atoms with Crippen LogP contribution in [-0.2, 0) is 0 Å². The minimum Gasteiger partial charge on any atom is -0.252 e. The third-order valence-electron chi connectivity index (χ3n) is 3.64. The molecule has 0 saturated heterocycles. The Kier molecular flexibility index (Phi) is 1.90. The van der Waals surface area contributed by atoms with E-state index in [1.54, 1.807) is 0 Å². The van der Waals surface area contributed by atoms with Gasteiger partial charge in [0, 0.05) is 17.8 Å². The molecule has 19 heavy (non-hydrogen) atoms. The molecule has 0 N–H and O–H groups in total. The lowest BCUT2D eigenvalue weighted by Gasteiger charge is -2.09. The highest BCUT2D eigenvalue weighted by Gasteiger charge is 2.08. The van der Waals surface area contributed by atoms with Gasteiger partial charge < -0.3 is 0 Å². The molecule has 0 saturated carbocycles. The third kappa shape index (κ3) is 1.45. The maximum Gasteiger partial charge on any atom is 0.0789 e. The smallest absolute Gasteiger partial charge is 0.0789 e. The van der Waals surface area contributed by atoms with Crippen LogP contribution in [0.5, 0.6) is 0 Å². The molecule has 0 atom stereocenters. The SMILES string of the molecule is [2H]Cc1ccc2c3ccccc3c3ccccc3c2n1. The number of fused-ring (bicyclic) bond motifs is 6. The molecule has 0 bridgehead atoms. The first kappa shape index (κ1) is 9.51. The van der Waals surface area contributed by atoms with Gasteiger partial charge in [-0.3, -0.25) is 4.98 Å². The van der Waals surface area contributed by atoms with Gasteiger partial charge in [0.2, 0.25) is 0 Å². The Balaban J connectivity index is 2.35. The van der Waals surface area contributed by atoms with Crippen molar-refractivity contribution in [2.45, 2.75) is 6.90 Å². The van der Waals surface area contributed by atoms with Gasteiger partial charge in [-0.05, 0) is 29.1 Å². The summed E-state index contributed by atoms with van der Waals surface area (Å²) in [6.07, 6.45) is 0. The quantitative estimate of drug-likeness (QED) is 0.403. The minimum absolute atomic E-state index is 0.219. The van der Waals surface area contributed by atoms with Gasteiger partial charge in [0.05, 0.1) is 5.52 Å². The van der Waals surface area contributed by atoms with Crippen LogP contribution in [0, 0.1) is 6.90 Å². The van der Waals surface area contributed by atoms with Crippen LogP contribution in [0.3, 0.4) is 0 Å². The van der Waals surface area contributed by atoms with Gasteiger partial charge in [0.25, 0.3) is 0 Å². The summed E-state index contributed by atoms with van der Waals surface area (Å²) in [6, 6.07) is 20.9. The molecule has 0 aliphatic carbocycles. The predicted octanol–water partition coefficient (Wildman–Crippen LogP) is 4.85. The van der Waals surface area contributed by atoms with Crippen LogP contribution in [0.4, 0.5) is 0 Å². The lowest BCUT2D eigenvalue weighted by atomic mass is 9.97. The minimum atomic E-state index is 0.219. The number of benzene rings is 3. The molecule has 4 aromatic rings. The molecule has 1 heteroatoms. The first-order chi connectivity index (χ1) is 9.88. The number of hydrogen-bond acceptors (Lipinski definition) is 1. The zero-order chi connectivity index (χ0) is 13.5. The van der Waals surface area contributed by atoms with Gasteiger partial charge in [0.1, 0.15) is 0 Å². The second kappa shape index (κ2) is 3.79. The van der Waals surface area contributed by atoms with E-state index < -0.39 is 0 Å². The normalized spacial score (nSPS) is 12.1. The molecule has 90 valence electrons. The maximum atomic E-state index is 7.53. The van der Waals surface area contributed by atoms with Crippen molar-refractivity contribution in [3.05, 3.63) is 66.4 Å². The Morgan fingerprint density at radius 1 is 0.684 bits per heavy atom. The zero-order valence-corrected chi connectivity index (χ0v) is 10.4. The molecule has 0 aliphatic heterocycles. The summed E-state index contributed by atoms with van der Waals surface area (Å²) in [7, 11) is 0. The largest absolute Gasteiger partial charge is 0.252 e. The highest BCUT2D eigenvalue weighted by molar-refractivity contribution is 6.24. The molecule has 4 rings (SSSR count). The van der Waals surface area contributed by atoms with Crippen LogP contribution in [0.25, 0.3) is 32.4 Å². The van der Waals surface area contributed by atoms with Crippen molar-refractivity contribution in [1.82, 2.24) is 4.98 Å². The Bertz CT molecular complexity index is 908. The summed E-state index contributed by atoms with van der Waals surface area (Å²) in [6.45, 7) is 0.219. The standard InChI is InChI=1S/C18H13N/c1-12-10-11-17-15-8-3-2-6-13(15)14-7-4-5-9-16(14)18(17)19-12/h2-11H,1H3/i1D. The molecule has 0 spiro atoms. The molecule has 0 amide bonds. The van der Waals surface area contributed by atoms with Crippen LogP contribution in [0.2, 0.25) is 0 Å². The summed E-state index contributed by atoms with van der Waals surface area (Å²) in [5, 5.41) is 6.04. The molecule has 1 nitrogen and oxygen atoms in total. The van der Waals surface area contributed by atoms with Crippen LogP contribution in [0.15, 0.2) is 60.7 Å². The average molecular weight is 244 g/mol. The summed E-state index contributed by atoms with van der Waals surface area (Å²) >= 11 is 0. The number of nitrogens with zero attached hydrogens (tertiary/aromatic N) is 1. The fourth-order valence-electron chi connectivity index (χ4n) is 2.80. The van der Waals surface area contributed by atoms with Gasteiger partial charge >= 0.3 is 0 Å². The summed E-state index contributed by atoms with van der Waals surface area (Å²) in [5.41, 5.74) is 1.82. The van der Waals surface area contributed by atoms with E-state index in [2.05, 4.69) is 53.5 Å². The Morgan fingerprint density at radius 3 is 1.84 bits per heavy atom. The summed E-state index contributed by atoms with van der Waals surface area (Å²) < 4.78 is 7.53. The number of aryl methyl sites for hydroxylation is 1. The van der Waals surface area contributed by atoms with Gasteiger partial charge in [-0.15, -0.1) is 0 Å². The molecular formula is C18H13N. The van der Waals surface area contributed by atoms with Gasteiger partial charge in [-0.1, -0.05) is 54.6 Å². The fourth-order valence-corrected chi connectivity index (χ4v) is 2.80. The first-order valence-electron chi connectivity index (χ1n) is 7.07. The molecule has 3 aromatic carbocycles. The second-order valence-corrected chi connectivity index (χ2v) is 4.79. The van der Waals surface area contributed by atoms with E-state index in [0.717, 1.165) is 22.0 Å². The molecule has 0 unspecified atom stereocenters. The van der Waals surface area contributed by atoms with Crippen LogP contribution in [-0.4, -0.2) is 4.98 Å². The van der Waals surface area contributed by atoms with Crippen LogP contribution < -0.4 is 0 Å². The van der Waals surface area contributed by atoms with Crippen molar-refractivity contribution in [2.24, 2.45) is 0 Å². The summed E-state index contributed by atoms with van der Waals surface area (Å²) in [5.74, 6) is 0. The number of pyridine rings is 1. The van der Waals surface area contributed by atoms with Crippen molar-refractivity contribution < 1.29 is 1.37 Å². The predicted molar refractivity (Wildman–Crippen MR) is 81.5 cm³/mol. The highest BCUT2D eigenvalue weighted by Crippen LogP contribution is 2.33. The van der Waals surface area contributed by atoms with E-state index in [1.807, 2.05) is 12.1 Å². The van der Waals surface area contributed by atoms with Gasteiger partial charge in [-0.25, -0.2) is 0 Å². The molecule has 0 aliphatic rings. The van der Waals surface area contributed by atoms with E-state index in [9.17, 15) is 0 Å². The number of hydrogen-bond donors (Lipinski definition) is 0. The Labute approximate surface area is 112 Å². The van der Waals surface area contributed by atoms with Crippen molar-refractivity contribution in [3.8, 4) is 0 Å².